The normalized spacial score (nSPS) is 24.6. The van der Waals surface area contributed by atoms with Gasteiger partial charge in [-0.05, 0) is 44.4 Å². The highest BCUT2D eigenvalue weighted by atomic mass is 79.9. The second kappa shape index (κ2) is 6.67. The van der Waals surface area contributed by atoms with Crippen molar-refractivity contribution in [2.24, 2.45) is 0 Å². The first-order valence-corrected chi connectivity index (χ1v) is 9.85. The van der Waals surface area contributed by atoms with Gasteiger partial charge in [-0.3, -0.25) is 0 Å². The third kappa shape index (κ3) is 4.44. The van der Waals surface area contributed by atoms with Crippen molar-refractivity contribution < 1.29 is 18.3 Å². The number of halogens is 1. The Bertz CT molecular complexity index is 598. The molecule has 118 valence electrons. The Morgan fingerprint density at radius 2 is 2.10 bits per heavy atom. The number of rotatable bonds is 4. The van der Waals surface area contributed by atoms with Crippen molar-refractivity contribution >= 4 is 25.8 Å². The molecule has 0 aliphatic heterocycles. The molecule has 3 unspecified atom stereocenters. The van der Waals surface area contributed by atoms with Crippen LogP contribution in [0.2, 0.25) is 0 Å². The predicted molar refractivity (Wildman–Crippen MR) is 86.3 cm³/mol. The van der Waals surface area contributed by atoms with Crippen molar-refractivity contribution in [2.75, 3.05) is 6.26 Å². The predicted octanol–water partition coefficient (Wildman–Crippen LogP) is 3.24. The van der Waals surface area contributed by atoms with Gasteiger partial charge in [0.1, 0.15) is 15.6 Å². The molecular formula is C15H21BrO4S. The molecule has 1 aromatic carbocycles. The van der Waals surface area contributed by atoms with Gasteiger partial charge in [0, 0.05) is 22.7 Å². The number of aliphatic hydroxyl groups is 1. The summed E-state index contributed by atoms with van der Waals surface area (Å²) in [5.74, 6) is 0.632. The molecule has 0 aromatic heterocycles. The van der Waals surface area contributed by atoms with E-state index in [-0.39, 0.29) is 11.4 Å². The molecule has 0 spiro atoms. The second-order valence-electron chi connectivity index (χ2n) is 5.72. The zero-order valence-electron chi connectivity index (χ0n) is 12.3. The molecule has 4 nitrogen and oxygen atoms in total. The lowest BCUT2D eigenvalue weighted by Crippen LogP contribution is -2.33. The van der Waals surface area contributed by atoms with Crippen LogP contribution in [0.15, 0.2) is 22.7 Å². The largest absolute Gasteiger partial charge is 0.490 e. The maximum Gasteiger partial charge on any atom is 0.150 e. The molecule has 1 N–H and O–H groups in total. The van der Waals surface area contributed by atoms with Crippen LogP contribution in [0.4, 0.5) is 0 Å². The number of aliphatic hydroxyl groups excluding tert-OH is 1. The van der Waals surface area contributed by atoms with Crippen LogP contribution in [0.3, 0.4) is 0 Å². The molecule has 0 amide bonds. The average molecular weight is 377 g/mol. The van der Waals surface area contributed by atoms with Gasteiger partial charge in [-0.1, -0.05) is 15.9 Å². The minimum atomic E-state index is -3.02. The summed E-state index contributed by atoms with van der Waals surface area (Å²) in [5.41, 5.74) is 0.714. The van der Waals surface area contributed by atoms with Crippen LogP contribution in [-0.4, -0.2) is 31.1 Å². The highest BCUT2D eigenvalue weighted by Crippen LogP contribution is 2.32. The molecule has 0 saturated heterocycles. The van der Waals surface area contributed by atoms with Gasteiger partial charge < -0.3 is 9.84 Å². The van der Waals surface area contributed by atoms with Crippen LogP contribution in [0.1, 0.15) is 44.3 Å². The SMILES string of the molecule is CC(O)c1cc(Br)ccc1OC1CCCC(S(C)(=O)=O)C1. The Morgan fingerprint density at radius 1 is 1.38 bits per heavy atom. The molecule has 1 saturated carbocycles. The van der Waals surface area contributed by atoms with E-state index in [2.05, 4.69) is 15.9 Å². The second-order valence-corrected chi connectivity index (χ2v) is 8.96. The zero-order chi connectivity index (χ0) is 15.6. The van der Waals surface area contributed by atoms with E-state index in [0.717, 1.165) is 17.3 Å². The van der Waals surface area contributed by atoms with E-state index in [1.54, 1.807) is 6.92 Å². The molecule has 1 fully saturated rings. The average Bonchev–Trinajstić information content (AvgIpc) is 2.40. The Hall–Kier alpha value is -0.590. The summed E-state index contributed by atoms with van der Waals surface area (Å²) in [6.45, 7) is 1.69. The quantitative estimate of drug-likeness (QED) is 0.875. The van der Waals surface area contributed by atoms with Crippen LogP contribution in [-0.2, 0) is 9.84 Å². The summed E-state index contributed by atoms with van der Waals surface area (Å²) < 4.78 is 30.3. The first-order chi connectivity index (χ1) is 9.77. The summed E-state index contributed by atoms with van der Waals surface area (Å²) in [4.78, 5) is 0. The fourth-order valence-corrected chi connectivity index (χ4v) is 4.27. The molecule has 1 aromatic rings. The van der Waals surface area contributed by atoms with Crippen molar-refractivity contribution in [3.63, 3.8) is 0 Å². The molecule has 6 heteroatoms. The fraction of sp³-hybridized carbons (Fsp3) is 0.600. The third-order valence-electron chi connectivity index (χ3n) is 3.90. The Kier molecular flexibility index (Phi) is 5.33. The van der Waals surface area contributed by atoms with Gasteiger partial charge >= 0.3 is 0 Å². The lowest BCUT2D eigenvalue weighted by atomic mass is 9.97. The lowest BCUT2D eigenvalue weighted by molar-refractivity contribution is 0.143. The van der Waals surface area contributed by atoms with Crippen LogP contribution in [0.5, 0.6) is 5.75 Å². The Labute approximate surface area is 134 Å². The maximum absolute atomic E-state index is 11.7. The van der Waals surface area contributed by atoms with Gasteiger partial charge in [-0.25, -0.2) is 8.42 Å². The number of hydrogen-bond acceptors (Lipinski definition) is 4. The van der Waals surface area contributed by atoms with E-state index in [0.29, 0.717) is 24.2 Å². The van der Waals surface area contributed by atoms with E-state index in [9.17, 15) is 13.5 Å². The van der Waals surface area contributed by atoms with Crippen LogP contribution >= 0.6 is 15.9 Å². The molecule has 0 radical (unpaired) electrons. The molecule has 1 aliphatic carbocycles. The van der Waals surface area contributed by atoms with Crippen molar-refractivity contribution in [1.29, 1.82) is 0 Å². The number of ether oxygens (including phenoxy) is 1. The number of sulfone groups is 1. The van der Waals surface area contributed by atoms with E-state index < -0.39 is 15.9 Å². The number of benzene rings is 1. The van der Waals surface area contributed by atoms with E-state index in [1.807, 2.05) is 18.2 Å². The van der Waals surface area contributed by atoms with Gasteiger partial charge in [0.15, 0.2) is 0 Å². The summed E-state index contributed by atoms with van der Waals surface area (Å²) in [6.07, 6.45) is 3.48. The monoisotopic (exact) mass is 376 g/mol. The Balaban J connectivity index is 2.15. The molecular weight excluding hydrogens is 356 g/mol. The summed E-state index contributed by atoms with van der Waals surface area (Å²) in [5, 5.41) is 9.53. The van der Waals surface area contributed by atoms with Gasteiger partial charge in [-0.15, -0.1) is 0 Å². The van der Waals surface area contributed by atoms with Crippen LogP contribution in [0, 0.1) is 0 Å². The summed E-state index contributed by atoms with van der Waals surface area (Å²) in [7, 11) is -3.02. The van der Waals surface area contributed by atoms with Gasteiger partial charge in [0.2, 0.25) is 0 Å². The number of hydrogen-bond donors (Lipinski definition) is 1. The molecule has 2 rings (SSSR count). The minimum Gasteiger partial charge on any atom is -0.490 e. The molecule has 1 aliphatic rings. The molecule has 0 heterocycles. The summed E-state index contributed by atoms with van der Waals surface area (Å²) in [6, 6.07) is 5.51. The van der Waals surface area contributed by atoms with E-state index in [4.69, 9.17) is 4.74 Å². The third-order valence-corrected chi connectivity index (χ3v) is 6.03. The first-order valence-electron chi connectivity index (χ1n) is 7.10. The van der Waals surface area contributed by atoms with Crippen molar-refractivity contribution in [3.05, 3.63) is 28.2 Å². The van der Waals surface area contributed by atoms with Crippen molar-refractivity contribution in [2.45, 2.75) is 50.1 Å². The standard InChI is InChI=1S/C15H21BrO4S/c1-10(17)14-8-11(16)6-7-15(14)20-12-4-3-5-13(9-12)21(2,18)19/h6-8,10,12-13,17H,3-5,9H2,1-2H3. The smallest absolute Gasteiger partial charge is 0.150 e. The van der Waals surface area contributed by atoms with Gasteiger partial charge in [0.25, 0.3) is 0 Å². The fourth-order valence-electron chi connectivity index (χ4n) is 2.73. The van der Waals surface area contributed by atoms with Crippen molar-refractivity contribution in [1.82, 2.24) is 0 Å². The first kappa shape index (κ1) is 16.8. The van der Waals surface area contributed by atoms with Crippen LogP contribution in [0.25, 0.3) is 0 Å². The molecule has 21 heavy (non-hydrogen) atoms. The topological polar surface area (TPSA) is 63.6 Å². The lowest BCUT2D eigenvalue weighted by Gasteiger charge is -2.29. The van der Waals surface area contributed by atoms with Gasteiger partial charge in [0.05, 0.1) is 17.5 Å². The highest BCUT2D eigenvalue weighted by molar-refractivity contribution is 9.10. The Morgan fingerprint density at radius 3 is 2.71 bits per heavy atom. The van der Waals surface area contributed by atoms with E-state index >= 15 is 0 Å². The maximum atomic E-state index is 11.7. The van der Waals surface area contributed by atoms with Gasteiger partial charge in [-0.2, -0.15) is 0 Å². The summed E-state index contributed by atoms with van der Waals surface area (Å²) >= 11 is 3.38. The van der Waals surface area contributed by atoms with Crippen molar-refractivity contribution in [3.8, 4) is 5.75 Å². The minimum absolute atomic E-state index is 0.114. The van der Waals surface area contributed by atoms with Crippen LogP contribution < -0.4 is 4.74 Å². The molecule has 0 bridgehead atoms. The zero-order valence-corrected chi connectivity index (χ0v) is 14.7. The highest BCUT2D eigenvalue weighted by Gasteiger charge is 2.30. The molecule has 3 atom stereocenters. The van der Waals surface area contributed by atoms with E-state index in [1.165, 1.54) is 6.26 Å².